The van der Waals surface area contributed by atoms with Crippen LogP contribution in [0, 0.1) is 5.82 Å². The predicted molar refractivity (Wildman–Crippen MR) is 47.4 cm³/mol. The molecule has 1 heterocycles. The molecular formula is C9H11FN2. The number of nitrogens with one attached hydrogen (secondary N) is 1. The molecule has 0 saturated heterocycles. The molecule has 1 aromatic carbocycles. The maximum atomic E-state index is 12.5. The van der Waals surface area contributed by atoms with E-state index in [2.05, 4.69) is 9.97 Å². The SMILES string of the molecule is CC.Fc1ccc2nc[nH]c2c1. The maximum absolute atomic E-state index is 12.5. The third kappa shape index (κ3) is 1.61. The highest BCUT2D eigenvalue weighted by atomic mass is 19.1. The molecule has 0 aliphatic carbocycles. The first-order valence-electron chi connectivity index (χ1n) is 3.95. The standard InChI is InChI=1S/C7H5FN2.C2H6/c8-5-1-2-6-7(3-5)10-4-9-6;1-2/h1-4H,(H,9,10);1-2H3. The highest BCUT2D eigenvalue weighted by molar-refractivity contribution is 5.73. The molecule has 1 aromatic heterocycles. The molecule has 0 bridgehead atoms. The number of hydrogen-bond acceptors (Lipinski definition) is 1. The fraction of sp³-hybridized carbons (Fsp3) is 0.222. The highest BCUT2D eigenvalue weighted by Crippen LogP contribution is 2.09. The van der Waals surface area contributed by atoms with Crippen LogP contribution in [0.15, 0.2) is 24.5 Å². The molecule has 2 aromatic rings. The minimum absolute atomic E-state index is 0.239. The molecule has 0 radical (unpaired) electrons. The molecule has 0 aliphatic heterocycles. The van der Waals surface area contributed by atoms with Crippen LogP contribution in [0.5, 0.6) is 0 Å². The Morgan fingerprint density at radius 3 is 2.83 bits per heavy atom. The average molecular weight is 166 g/mol. The van der Waals surface area contributed by atoms with Gasteiger partial charge < -0.3 is 4.98 Å². The lowest BCUT2D eigenvalue weighted by Crippen LogP contribution is -1.72. The Bertz CT molecular complexity index is 354. The molecular weight excluding hydrogens is 155 g/mol. The van der Waals surface area contributed by atoms with Crippen LogP contribution in [-0.4, -0.2) is 9.97 Å². The van der Waals surface area contributed by atoms with Crippen molar-refractivity contribution in [3.05, 3.63) is 30.3 Å². The van der Waals surface area contributed by atoms with E-state index in [4.69, 9.17) is 0 Å². The number of aromatic nitrogens is 2. The fourth-order valence-electron chi connectivity index (χ4n) is 0.908. The molecule has 0 spiro atoms. The van der Waals surface area contributed by atoms with Crippen molar-refractivity contribution >= 4 is 11.0 Å². The lowest BCUT2D eigenvalue weighted by Gasteiger charge is -1.86. The summed E-state index contributed by atoms with van der Waals surface area (Å²) >= 11 is 0. The second-order valence-electron chi connectivity index (χ2n) is 2.06. The van der Waals surface area contributed by atoms with E-state index in [0.717, 1.165) is 11.0 Å². The van der Waals surface area contributed by atoms with Gasteiger partial charge in [-0.05, 0) is 18.2 Å². The molecule has 0 atom stereocenters. The minimum atomic E-state index is -0.239. The number of aromatic amines is 1. The van der Waals surface area contributed by atoms with E-state index >= 15 is 0 Å². The number of halogens is 1. The van der Waals surface area contributed by atoms with Crippen LogP contribution in [0.1, 0.15) is 13.8 Å². The van der Waals surface area contributed by atoms with Gasteiger partial charge in [0, 0.05) is 0 Å². The highest BCUT2D eigenvalue weighted by Gasteiger charge is 1.94. The molecule has 0 unspecified atom stereocenters. The maximum Gasteiger partial charge on any atom is 0.125 e. The molecule has 0 aliphatic rings. The fourth-order valence-corrected chi connectivity index (χ4v) is 0.908. The van der Waals surface area contributed by atoms with Crippen LogP contribution in [-0.2, 0) is 0 Å². The smallest absolute Gasteiger partial charge is 0.125 e. The van der Waals surface area contributed by atoms with E-state index in [9.17, 15) is 4.39 Å². The summed E-state index contributed by atoms with van der Waals surface area (Å²) in [5.41, 5.74) is 1.53. The summed E-state index contributed by atoms with van der Waals surface area (Å²) in [7, 11) is 0. The number of imidazole rings is 1. The van der Waals surface area contributed by atoms with Crippen molar-refractivity contribution in [2.75, 3.05) is 0 Å². The molecule has 0 amide bonds. The predicted octanol–water partition coefficient (Wildman–Crippen LogP) is 2.73. The van der Waals surface area contributed by atoms with Crippen LogP contribution in [0.4, 0.5) is 4.39 Å². The zero-order chi connectivity index (χ0) is 8.97. The minimum Gasteiger partial charge on any atom is -0.345 e. The Morgan fingerprint density at radius 1 is 1.33 bits per heavy atom. The van der Waals surface area contributed by atoms with Crippen molar-refractivity contribution in [3.8, 4) is 0 Å². The lowest BCUT2D eigenvalue weighted by atomic mass is 10.3. The van der Waals surface area contributed by atoms with Gasteiger partial charge in [0.15, 0.2) is 0 Å². The molecule has 12 heavy (non-hydrogen) atoms. The van der Waals surface area contributed by atoms with E-state index in [-0.39, 0.29) is 5.82 Å². The summed E-state index contributed by atoms with van der Waals surface area (Å²) in [5, 5.41) is 0. The first-order chi connectivity index (χ1) is 5.86. The van der Waals surface area contributed by atoms with Crippen molar-refractivity contribution in [2.45, 2.75) is 13.8 Å². The Labute approximate surface area is 70.4 Å². The van der Waals surface area contributed by atoms with Crippen LogP contribution in [0.3, 0.4) is 0 Å². The topological polar surface area (TPSA) is 28.7 Å². The van der Waals surface area contributed by atoms with Crippen LogP contribution >= 0.6 is 0 Å². The molecule has 3 heteroatoms. The molecule has 64 valence electrons. The van der Waals surface area contributed by atoms with Gasteiger partial charge in [0.05, 0.1) is 17.4 Å². The Morgan fingerprint density at radius 2 is 2.08 bits per heavy atom. The van der Waals surface area contributed by atoms with Crippen LogP contribution in [0.25, 0.3) is 11.0 Å². The van der Waals surface area contributed by atoms with Crippen molar-refractivity contribution in [1.82, 2.24) is 9.97 Å². The van der Waals surface area contributed by atoms with Gasteiger partial charge in [-0.25, -0.2) is 9.37 Å². The normalized spacial score (nSPS) is 9.25. The van der Waals surface area contributed by atoms with Gasteiger partial charge in [-0.1, -0.05) is 13.8 Å². The average Bonchev–Trinajstić information content (AvgIpc) is 2.54. The first-order valence-corrected chi connectivity index (χ1v) is 3.95. The number of fused-ring (bicyclic) bond motifs is 1. The van der Waals surface area contributed by atoms with Gasteiger partial charge in [-0.3, -0.25) is 0 Å². The van der Waals surface area contributed by atoms with Crippen molar-refractivity contribution in [1.29, 1.82) is 0 Å². The van der Waals surface area contributed by atoms with Gasteiger partial charge in [0.2, 0.25) is 0 Å². The Kier molecular flexibility index (Phi) is 2.80. The lowest BCUT2D eigenvalue weighted by molar-refractivity contribution is 0.629. The number of benzene rings is 1. The van der Waals surface area contributed by atoms with Gasteiger partial charge in [-0.15, -0.1) is 0 Å². The van der Waals surface area contributed by atoms with Gasteiger partial charge in [-0.2, -0.15) is 0 Å². The second-order valence-corrected chi connectivity index (χ2v) is 2.06. The van der Waals surface area contributed by atoms with Gasteiger partial charge >= 0.3 is 0 Å². The van der Waals surface area contributed by atoms with Crippen LogP contribution in [0.2, 0.25) is 0 Å². The summed E-state index contributed by atoms with van der Waals surface area (Å²) in [6, 6.07) is 4.45. The third-order valence-corrected chi connectivity index (χ3v) is 1.38. The first kappa shape index (κ1) is 8.71. The van der Waals surface area contributed by atoms with Gasteiger partial charge in [0.1, 0.15) is 5.82 Å². The Balaban J connectivity index is 0.000000336. The summed E-state index contributed by atoms with van der Waals surface area (Å²) in [6.07, 6.45) is 1.55. The monoisotopic (exact) mass is 166 g/mol. The molecule has 2 nitrogen and oxygen atoms in total. The van der Waals surface area contributed by atoms with Crippen LogP contribution < -0.4 is 0 Å². The summed E-state index contributed by atoms with van der Waals surface area (Å²) < 4.78 is 12.5. The number of nitrogens with zero attached hydrogens (tertiary/aromatic N) is 1. The second kappa shape index (κ2) is 3.85. The van der Waals surface area contributed by atoms with E-state index in [0.29, 0.717) is 0 Å². The van der Waals surface area contributed by atoms with Gasteiger partial charge in [0.25, 0.3) is 0 Å². The zero-order valence-corrected chi connectivity index (χ0v) is 7.13. The van der Waals surface area contributed by atoms with E-state index in [1.165, 1.54) is 12.1 Å². The summed E-state index contributed by atoms with van der Waals surface area (Å²) in [6.45, 7) is 4.00. The van der Waals surface area contributed by atoms with Crippen molar-refractivity contribution < 1.29 is 4.39 Å². The number of rotatable bonds is 0. The van der Waals surface area contributed by atoms with E-state index in [1.807, 2.05) is 13.8 Å². The third-order valence-electron chi connectivity index (χ3n) is 1.38. The largest absolute Gasteiger partial charge is 0.345 e. The molecule has 2 rings (SSSR count). The molecule has 1 N–H and O–H groups in total. The molecule has 0 saturated carbocycles. The summed E-state index contributed by atoms with van der Waals surface area (Å²) in [5.74, 6) is -0.239. The number of hydrogen-bond donors (Lipinski definition) is 1. The van der Waals surface area contributed by atoms with Crippen molar-refractivity contribution in [3.63, 3.8) is 0 Å². The quantitative estimate of drug-likeness (QED) is 0.640. The van der Waals surface area contributed by atoms with Crippen molar-refractivity contribution in [2.24, 2.45) is 0 Å². The molecule has 0 fully saturated rings. The number of H-pyrrole nitrogens is 1. The Hall–Kier alpha value is -1.38. The van der Waals surface area contributed by atoms with E-state index < -0.39 is 0 Å². The zero-order valence-electron chi connectivity index (χ0n) is 7.13. The summed E-state index contributed by atoms with van der Waals surface area (Å²) in [4.78, 5) is 6.75. The van der Waals surface area contributed by atoms with E-state index in [1.54, 1.807) is 12.4 Å².